The molecule has 0 fully saturated rings. The number of rotatable bonds is 11. The van der Waals surface area contributed by atoms with Crippen LogP contribution >= 0.6 is 11.6 Å². The van der Waals surface area contributed by atoms with E-state index >= 15 is 0 Å². The maximum Gasteiger partial charge on any atom is 0.264 e. The van der Waals surface area contributed by atoms with Crippen molar-refractivity contribution >= 4 is 39.1 Å². The number of aryl methyl sites for hydroxylation is 2. The minimum atomic E-state index is -4.11. The third kappa shape index (κ3) is 7.61. The molecule has 0 spiro atoms. The van der Waals surface area contributed by atoms with Gasteiger partial charge in [0.15, 0.2) is 0 Å². The molecule has 208 valence electrons. The number of anilines is 1. The molecule has 0 radical (unpaired) electrons. The van der Waals surface area contributed by atoms with Crippen LogP contribution in [-0.2, 0) is 26.2 Å². The number of amides is 2. The summed E-state index contributed by atoms with van der Waals surface area (Å²) in [5.74, 6) is -0.853. The third-order valence-corrected chi connectivity index (χ3v) is 8.73. The van der Waals surface area contributed by atoms with Gasteiger partial charge in [-0.05, 0) is 81.1 Å². The first-order chi connectivity index (χ1) is 18.4. The molecule has 0 saturated heterocycles. The number of halogens is 1. The van der Waals surface area contributed by atoms with Gasteiger partial charge in [-0.25, -0.2) is 8.42 Å². The first-order valence-electron chi connectivity index (χ1n) is 12.9. The van der Waals surface area contributed by atoms with Crippen molar-refractivity contribution in [3.8, 4) is 0 Å². The molecule has 2 amide bonds. The van der Waals surface area contributed by atoms with Gasteiger partial charge in [-0.2, -0.15) is 0 Å². The SMILES string of the molecule is CC[C@H](C)NC(=O)[C@H](C)N(Cc1ccccc1Cl)C(=O)CN(c1cc(C)cc(C)c1)S(=O)(=O)c1ccccc1. The van der Waals surface area contributed by atoms with Gasteiger partial charge in [0.1, 0.15) is 12.6 Å². The molecular formula is C30H36ClN3O4S. The molecule has 7 nitrogen and oxygen atoms in total. The molecule has 39 heavy (non-hydrogen) atoms. The average Bonchev–Trinajstić information content (AvgIpc) is 2.90. The Morgan fingerprint density at radius 1 is 0.923 bits per heavy atom. The van der Waals surface area contributed by atoms with Gasteiger partial charge in [-0.15, -0.1) is 0 Å². The topological polar surface area (TPSA) is 86.8 Å². The van der Waals surface area contributed by atoms with Crippen LogP contribution in [-0.4, -0.2) is 43.8 Å². The van der Waals surface area contributed by atoms with Crippen molar-refractivity contribution in [1.82, 2.24) is 10.2 Å². The third-order valence-electron chi connectivity index (χ3n) is 6.57. The van der Waals surface area contributed by atoms with Crippen molar-refractivity contribution in [2.75, 3.05) is 10.8 Å². The van der Waals surface area contributed by atoms with Crippen molar-refractivity contribution in [3.63, 3.8) is 0 Å². The van der Waals surface area contributed by atoms with E-state index in [4.69, 9.17) is 11.6 Å². The summed E-state index contributed by atoms with van der Waals surface area (Å²) in [7, 11) is -4.11. The smallest absolute Gasteiger partial charge is 0.264 e. The second-order valence-electron chi connectivity index (χ2n) is 9.78. The normalized spacial score (nSPS) is 12.9. The lowest BCUT2D eigenvalue weighted by molar-refractivity contribution is -0.139. The zero-order chi connectivity index (χ0) is 28.7. The molecule has 0 bridgehead atoms. The Hall–Kier alpha value is -3.36. The molecule has 0 aromatic heterocycles. The van der Waals surface area contributed by atoms with Gasteiger partial charge in [0, 0.05) is 17.6 Å². The van der Waals surface area contributed by atoms with E-state index in [1.807, 2.05) is 33.8 Å². The van der Waals surface area contributed by atoms with E-state index in [0.29, 0.717) is 16.3 Å². The van der Waals surface area contributed by atoms with Crippen LogP contribution in [0.25, 0.3) is 0 Å². The number of carbonyl (C=O) groups is 2. The molecule has 1 N–H and O–H groups in total. The second kappa shape index (κ2) is 13.1. The van der Waals surface area contributed by atoms with E-state index in [9.17, 15) is 18.0 Å². The first kappa shape index (κ1) is 30.2. The van der Waals surface area contributed by atoms with Gasteiger partial charge in [-0.1, -0.05) is 61.0 Å². The Balaban J connectivity index is 2.06. The molecule has 0 aliphatic rings. The number of hydrogen-bond donors (Lipinski definition) is 1. The zero-order valence-corrected chi connectivity index (χ0v) is 24.6. The summed E-state index contributed by atoms with van der Waals surface area (Å²) in [6.07, 6.45) is 0.729. The van der Waals surface area contributed by atoms with Crippen molar-refractivity contribution in [2.24, 2.45) is 0 Å². The largest absolute Gasteiger partial charge is 0.352 e. The van der Waals surface area contributed by atoms with Crippen molar-refractivity contribution in [2.45, 2.75) is 64.6 Å². The maximum absolute atomic E-state index is 14.0. The highest BCUT2D eigenvalue weighted by atomic mass is 35.5. The lowest BCUT2D eigenvalue weighted by atomic mass is 10.1. The lowest BCUT2D eigenvalue weighted by Gasteiger charge is -2.32. The fraction of sp³-hybridized carbons (Fsp3) is 0.333. The van der Waals surface area contributed by atoms with Gasteiger partial charge in [0.05, 0.1) is 10.6 Å². The predicted octanol–water partition coefficient (Wildman–Crippen LogP) is 5.48. The molecule has 0 unspecified atom stereocenters. The minimum absolute atomic E-state index is 0.0413. The highest BCUT2D eigenvalue weighted by Crippen LogP contribution is 2.27. The monoisotopic (exact) mass is 569 g/mol. The van der Waals surface area contributed by atoms with Crippen LogP contribution in [0.15, 0.2) is 77.7 Å². The van der Waals surface area contributed by atoms with Crippen LogP contribution in [0.2, 0.25) is 5.02 Å². The molecule has 0 heterocycles. The highest BCUT2D eigenvalue weighted by molar-refractivity contribution is 7.92. The number of hydrogen-bond acceptors (Lipinski definition) is 4. The van der Waals surface area contributed by atoms with E-state index in [1.165, 1.54) is 17.0 Å². The molecule has 9 heteroatoms. The summed E-state index contributed by atoms with van der Waals surface area (Å²) < 4.78 is 28.9. The van der Waals surface area contributed by atoms with Crippen molar-refractivity contribution in [1.29, 1.82) is 0 Å². The van der Waals surface area contributed by atoms with Gasteiger partial charge in [0.25, 0.3) is 10.0 Å². The second-order valence-corrected chi connectivity index (χ2v) is 12.0. The van der Waals surface area contributed by atoms with E-state index in [-0.39, 0.29) is 23.4 Å². The molecule has 0 saturated carbocycles. The number of carbonyl (C=O) groups excluding carboxylic acids is 2. The van der Waals surface area contributed by atoms with E-state index in [1.54, 1.807) is 61.5 Å². The van der Waals surface area contributed by atoms with Crippen LogP contribution in [0.1, 0.15) is 43.9 Å². The molecular weight excluding hydrogens is 534 g/mol. The predicted molar refractivity (Wildman–Crippen MR) is 156 cm³/mol. The molecule has 3 aromatic carbocycles. The van der Waals surface area contributed by atoms with Crippen LogP contribution in [0.5, 0.6) is 0 Å². The molecule has 3 rings (SSSR count). The quantitative estimate of drug-likeness (QED) is 0.331. The van der Waals surface area contributed by atoms with Crippen LogP contribution in [0, 0.1) is 13.8 Å². The fourth-order valence-corrected chi connectivity index (χ4v) is 5.82. The van der Waals surface area contributed by atoms with E-state index < -0.39 is 28.5 Å². The molecule has 3 aromatic rings. The van der Waals surface area contributed by atoms with Crippen molar-refractivity contribution in [3.05, 3.63) is 94.5 Å². The highest BCUT2D eigenvalue weighted by Gasteiger charge is 2.33. The Labute approximate surface area is 236 Å². The summed E-state index contributed by atoms with van der Waals surface area (Å²) in [6.45, 7) is 8.77. The van der Waals surface area contributed by atoms with Gasteiger partial charge < -0.3 is 10.2 Å². The van der Waals surface area contributed by atoms with Crippen LogP contribution in [0.3, 0.4) is 0 Å². The Kier molecular flexibility index (Phi) is 10.2. The summed E-state index contributed by atoms with van der Waals surface area (Å²) in [5.41, 5.74) is 2.75. The van der Waals surface area contributed by atoms with Crippen LogP contribution in [0.4, 0.5) is 5.69 Å². The van der Waals surface area contributed by atoms with E-state index in [2.05, 4.69) is 5.32 Å². The summed E-state index contributed by atoms with van der Waals surface area (Å²) >= 11 is 6.41. The number of sulfonamides is 1. The minimum Gasteiger partial charge on any atom is -0.352 e. The average molecular weight is 570 g/mol. The number of nitrogens with zero attached hydrogens (tertiary/aromatic N) is 2. The fourth-order valence-electron chi connectivity index (χ4n) is 4.20. The summed E-state index contributed by atoms with van der Waals surface area (Å²) in [6, 6.07) is 19.5. The van der Waals surface area contributed by atoms with E-state index in [0.717, 1.165) is 21.9 Å². The first-order valence-corrected chi connectivity index (χ1v) is 14.7. The zero-order valence-electron chi connectivity index (χ0n) is 23.0. The Morgan fingerprint density at radius 3 is 2.10 bits per heavy atom. The number of benzene rings is 3. The standard InChI is InChI=1S/C30H36ClN3O4S/c1-6-23(4)32-30(36)24(5)33(19-25-12-10-11-15-28(25)31)29(35)20-34(26-17-21(2)16-22(3)18-26)39(37,38)27-13-8-7-9-14-27/h7-18,23-24H,6,19-20H2,1-5H3,(H,32,36)/t23-,24-/m0/s1. The van der Waals surface area contributed by atoms with Gasteiger partial charge in [-0.3, -0.25) is 13.9 Å². The molecule has 0 aliphatic heterocycles. The maximum atomic E-state index is 14.0. The Bertz CT molecular complexity index is 1390. The van der Waals surface area contributed by atoms with Crippen molar-refractivity contribution < 1.29 is 18.0 Å². The number of nitrogens with one attached hydrogen (secondary N) is 1. The molecule has 0 aliphatic carbocycles. The van der Waals surface area contributed by atoms with Gasteiger partial charge in [0.2, 0.25) is 11.8 Å². The summed E-state index contributed by atoms with van der Waals surface area (Å²) in [5, 5.41) is 3.38. The van der Waals surface area contributed by atoms with Gasteiger partial charge >= 0.3 is 0 Å². The lowest BCUT2D eigenvalue weighted by Crippen LogP contribution is -2.52. The molecule has 2 atom stereocenters. The summed E-state index contributed by atoms with van der Waals surface area (Å²) in [4.78, 5) is 28.6. The van der Waals surface area contributed by atoms with Crippen LogP contribution < -0.4 is 9.62 Å². The Morgan fingerprint density at radius 2 is 1.51 bits per heavy atom.